The molecule has 1 atom stereocenters. The van der Waals surface area contributed by atoms with Crippen molar-refractivity contribution < 1.29 is 19.0 Å². The molecule has 1 unspecified atom stereocenters. The summed E-state index contributed by atoms with van der Waals surface area (Å²) in [7, 11) is 1.47. The summed E-state index contributed by atoms with van der Waals surface area (Å²) in [5.41, 5.74) is 5.55. The van der Waals surface area contributed by atoms with Gasteiger partial charge in [0.25, 0.3) is 0 Å². The maximum atomic E-state index is 13.3. The normalized spacial score (nSPS) is 18.5. The number of hydrogen-bond acceptors (Lipinski definition) is 3. The molecule has 0 aromatic heterocycles. The van der Waals surface area contributed by atoms with Crippen molar-refractivity contribution >= 4 is 5.97 Å². The Hall–Kier alpha value is -1.62. The number of benzene rings is 1. The van der Waals surface area contributed by atoms with E-state index in [1.807, 2.05) is 0 Å². The van der Waals surface area contributed by atoms with Gasteiger partial charge in [-0.25, -0.2) is 4.39 Å². The molecule has 0 bridgehead atoms. The van der Waals surface area contributed by atoms with Crippen LogP contribution in [-0.2, 0) is 10.2 Å². The summed E-state index contributed by atoms with van der Waals surface area (Å²) in [4.78, 5) is 11.0. The van der Waals surface area contributed by atoms with E-state index >= 15 is 0 Å². The average Bonchev–Trinajstić information content (AvgIpc) is 3.09. The highest BCUT2D eigenvalue weighted by Crippen LogP contribution is 2.53. The molecular formula is C12H14FNO3. The summed E-state index contributed by atoms with van der Waals surface area (Å²) < 4.78 is 18.4. The van der Waals surface area contributed by atoms with E-state index in [4.69, 9.17) is 15.6 Å². The van der Waals surface area contributed by atoms with Crippen LogP contribution in [0.3, 0.4) is 0 Å². The third kappa shape index (κ3) is 1.86. The molecule has 1 saturated carbocycles. The van der Waals surface area contributed by atoms with Gasteiger partial charge in [-0.15, -0.1) is 0 Å². The minimum Gasteiger partial charge on any atom is -0.496 e. The van der Waals surface area contributed by atoms with Crippen LogP contribution >= 0.6 is 0 Å². The molecule has 1 aliphatic carbocycles. The van der Waals surface area contributed by atoms with Crippen molar-refractivity contribution in [1.82, 2.24) is 0 Å². The Labute approximate surface area is 98.2 Å². The van der Waals surface area contributed by atoms with Gasteiger partial charge >= 0.3 is 5.97 Å². The van der Waals surface area contributed by atoms with E-state index in [9.17, 15) is 9.18 Å². The predicted octanol–water partition coefficient (Wildman–Crippen LogP) is 1.28. The molecule has 0 aliphatic heterocycles. The smallest absolute Gasteiger partial charge is 0.321 e. The van der Waals surface area contributed by atoms with Crippen LogP contribution < -0.4 is 10.5 Å². The van der Waals surface area contributed by atoms with Crippen LogP contribution in [0, 0.1) is 5.82 Å². The van der Waals surface area contributed by atoms with Crippen molar-refractivity contribution in [1.29, 1.82) is 0 Å². The van der Waals surface area contributed by atoms with Gasteiger partial charge in [0.05, 0.1) is 7.11 Å². The molecule has 0 saturated heterocycles. The molecule has 3 N–H and O–H groups in total. The van der Waals surface area contributed by atoms with E-state index in [1.165, 1.54) is 25.3 Å². The van der Waals surface area contributed by atoms with Crippen LogP contribution in [0.5, 0.6) is 5.75 Å². The van der Waals surface area contributed by atoms with E-state index in [2.05, 4.69) is 0 Å². The topological polar surface area (TPSA) is 72.5 Å². The van der Waals surface area contributed by atoms with Crippen molar-refractivity contribution in [2.45, 2.75) is 24.3 Å². The van der Waals surface area contributed by atoms with Crippen LogP contribution in [-0.4, -0.2) is 24.2 Å². The van der Waals surface area contributed by atoms with Crippen LogP contribution in [0.25, 0.3) is 0 Å². The van der Waals surface area contributed by atoms with Crippen LogP contribution in [0.4, 0.5) is 4.39 Å². The Morgan fingerprint density at radius 2 is 2.24 bits per heavy atom. The molecule has 0 spiro atoms. The summed E-state index contributed by atoms with van der Waals surface area (Å²) in [6.45, 7) is 0. The first-order valence-corrected chi connectivity index (χ1v) is 5.33. The Morgan fingerprint density at radius 1 is 1.59 bits per heavy atom. The van der Waals surface area contributed by atoms with Gasteiger partial charge in [-0.05, 0) is 31.0 Å². The Kier molecular flexibility index (Phi) is 2.79. The van der Waals surface area contributed by atoms with E-state index in [1.54, 1.807) is 0 Å². The SMILES string of the molecule is COc1ccc(F)cc1C1(C(N)C(=O)O)CC1. The van der Waals surface area contributed by atoms with Gasteiger partial charge in [-0.1, -0.05) is 0 Å². The number of aliphatic carboxylic acids is 1. The molecule has 17 heavy (non-hydrogen) atoms. The van der Waals surface area contributed by atoms with Crippen molar-refractivity contribution in [2.75, 3.05) is 7.11 Å². The molecule has 4 nitrogen and oxygen atoms in total. The molecule has 1 aliphatic rings. The van der Waals surface area contributed by atoms with E-state index in [-0.39, 0.29) is 0 Å². The van der Waals surface area contributed by atoms with Crippen molar-refractivity contribution in [3.63, 3.8) is 0 Å². The standard InChI is InChI=1S/C12H14FNO3/c1-17-9-3-2-7(13)6-8(9)12(4-5-12)10(14)11(15)16/h2-3,6,10H,4-5,14H2,1H3,(H,15,16). The number of rotatable bonds is 4. The van der Waals surface area contributed by atoms with Gasteiger partial charge in [0, 0.05) is 11.0 Å². The van der Waals surface area contributed by atoms with Crippen LogP contribution in [0.1, 0.15) is 18.4 Å². The first kappa shape index (κ1) is 11.9. The first-order valence-electron chi connectivity index (χ1n) is 5.33. The third-order valence-corrected chi connectivity index (χ3v) is 3.35. The van der Waals surface area contributed by atoms with Gasteiger partial charge in [0.2, 0.25) is 0 Å². The first-order chi connectivity index (χ1) is 8.01. The number of halogens is 1. The lowest BCUT2D eigenvalue weighted by molar-refractivity contribution is -0.139. The average molecular weight is 239 g/mol. The summed E-state index contributed by atoms with van der Waals surface area (Å²) in [5, 5.41) is 8.99. The zero-order valence-electron chi connectivity index (χ0n) is 9.44. The quantitative estimate of drug-likeness (QED) is 0.830. The monoisotopic (exact) mass is 239 g/mol. The van der Waals surface area contributed by atoms with Gasteiger partial charge in [-0.3, -0.25) is 4.79 Å². The zero-order chi connectivity index (χ0) is 12.6. The molecule has 1 fully saturated rings. The number of hydrogen-bond donors (Lipinski definition) is 2. The second kappa shape index (κ2) is 4.00. The molecule has 5 heteroatoms. The molecule has 1 aromatic carbocycles. The summed E-state index contributed by atoms with van der Waals surface area (Å²) in [6, 6.07) is 3.07. The summed E-state index contributed by atoms with van der Waals surface area (Å²) in [6.07, 6.45) is 1.28. The van der Waals surface area contributed by atoms with E-state index in [0.717, 1.165) is 0 Å². The highest BCUT2D eigenvalue weighted by atomic mass is 19.1. The highest BCUT2D eigenvalue weighted by Gasteiger charge is 2.53. The fourth-order valence-corrected chi connectivity index (χ4v) is 2.19. The largest absolute Gasteiger partial charge is 0.496 e. The number of nitrogens with two attached hydrogens (primary N) is 1. The molecule has 2 rings (SSSR count). The van der Waals surface area contributed by atoms with Crippen LogP contribution in [0.2, 0.25) is 0 Å². The fraction of sp³-hybridized carbons (Fsp3) is 0.417. The Balaban J connectivity index is 2.46. The molecule has 0 amide bonds. The third-order valence-electron chi connectivity index (χ3n) is 3.35. The number of carboxylic acid groups (broad SMARTS) is 1. The van der Waals surface area contributed by atoms with Crippen molar-refractivity contribution in [3.8, 4) is 5.75 Å². The molecule has 92 valence electrons. The second-order valence-corrected chi connectivity index (χ2v) is 4.32. The van der Waals surface area contributed by atoms with Gasteiger partial charge in [0.1, 0.15) is 17.6 Å². The maximum absolute atomic E-state index is 13.3. The lowest BCUT2D eigenvalue weighted by Crippen LogP contribution is -2.42. The Bertz CT molecular complexity index is 457. The number of methoxy groups -OCH3 is 1. The Morgan fingerprint density at radius 3 is 2.71 bits per heavy atom. The van der Waals surface area contributed by atoms with Gasteiger partial charge in [0.15, 0.2) is 0 Å². The molecular weight excluding hydrogens is 225 g/mol. The number of carboxylic acids is 1. The number of ether oxygens (including phenoxy) is 1. The summed E-state index contributed by atoms with van der Waals surface area (Å²) >= 11 is 0. The summed E-state index contributed by atoms with van der Waals surface area (Å²) in [5.74, 6) is -1.00. The number of carbonyl (C=O) groups is 1. The van der Waals surface area contributed by atoms with Gasteiger partial charge < -0.3 is 15.6 Å². The van der Waals surface area contributed by atoms with Gasteiger partial charge in [-0.2, -0.15) is 0 Å². The lowest BCUT2D eigenvalue weighted by Gasteiger charge is -2.22. The maximum Gasteiger partial charge on any atom is 0.321 e. The fourth-order valence-electron chi connectivity index (χ4n) is 2.19. The lowest BCUT2D eigenvalue weighted by atomic mass is 9.87. The minimum atomic E-state index is -1.08. The predicted molar refractivity (Wildman–Crippen MR) is 59.5 cm³/mol. The van der Waals surface area contributed by atoms with Crippen molar-refractivity contribution in [2.24, 2.45) is 5.73 Å². The molecule has 0 heterocycles. The van der Waals surface area contributed by atoms with E-state index in [0.29, 0.717) is 24.2 Å². The van der Waals surface area contributed by atoms with Crippen LogP contribution in [0.15, 0.2) is 18.2 Å². The van der Waals surface area contributed by atoms with Crippen molar-refractivity contribution in [3.05, 3.63) is 29.6 Å². The molecule has 1 aromatic rings. The zero-order valence-corrected chi connectivity index (χ0v) is 9.44. The minimum absolute atomic E-state index is 0.412. The molecule has 0 radical (unpaired) electrons. The highest BCUT2D eigenvalue weighted by molar-refractivity contribution is 5.77. The van der Waals surface area contributed by atoms with E-state index < -0.39 is 23.2 Å². The second-order valence-electron chi connectivity index (χ2n) is 4.32.